The Balaban J connectivity index is 1.73. The predicted octanol–water partition coefficient (Wildman–Crippen LogP) is 6.37. The summed E-state index contributed by atoms with van der Waals surface area (Å²) in [5.41, 5.74) is 4.70. The van der Waals surface area contributed by atoms with Gasteiger partial charge in [-0.2, -0.15) is 0 Å². The van der Waals surface area contributed by atoms with Gasteiger partial charge in [-0.1, -0.05) is 49.7 Å². The van der Waals surface area contributed by atoms with Crippen molar-refractivity contribution in [2.45, 2.75) is 72.0 Å². The molecule has 4 nitrogen and oxygen atoms in total. The summed E-state index contributed by atoms with van der Waals surface area (Å²) in [6.45, 7) is 12.0. The maximum Gasteiger partial charge on any atom is 0.126 e. The van der Waals surface area contributed by atoms with E-state index < -0.39 is 11.7 Å². The van der Waals surface area contributed by atoms with Crippen molar-refractivity contribution in [3.63, 3.8) is 0 Å². The maximum absolute atomic E-state index is 10.9. The Labute approximate surface area is 195 Å². The summed E-state index contributed by atoms with van der Waals surface area (Å²) in [5.74, 6) is 1.07. The number of aliphatic hydroxyl groups excluding tert-OH is 2. The first-order chi connectivity index (χ1) is 15.1. The highest BCUT2D eigenvalue weighted by Gasteiger charge is 2.21. The molecule has 0 aliphatic heterocycles. The average molecular weight is 454 g/mol. The minimum absolute atomic E-state index is 0.0611. The molecular formula is C27H35NO3S. The van der Waals surface area contributed by atoms with Crippen LogP contribution in [0.1, 0.15) is 73.4 Å². The molecule has 172 valence electrons. The molecule has 0 amide bonds. The predicted molar refractivity (Wildman–Crippen MR) is 133 cm³/mol. The second-order valence-electron chi connectivity index (χ2n) is 9.45. The number of rotatable bonds is 9. The van der Waals surface area contributed by atoms with E-state index in [1.165, 1.54) is 10.4 Å². The molecule has 2 aromatic carbocycles. The fourth-order valence-corrected chi connectivity index (χ4v) is 4.81. The van der Waals surface area contributed by atoms with Gasteiger partial charge in [-0.3, -0.25) is 0 Å². The Morgan fingerprint density at radius 1 is 1.06 bits per heavy atom. The van der Waals surface area contributed by atoms with Gasteiger partial charge in [0.15, 0.2) is 0 Å². The third-order valence-corrected chi connectivity index (χ3v) is 6.75. The average Bonchev–Trinajstić information content (AvgIpc) is 3.18. The molecule has 0 saturated carbocycles. The monoisotopic (exact) mass is 453 g/mol. The van der Waals surface area contributed by atoms with Gasteiger partial charge in [-0.25, -0.2) is 4.98 Å². The first kappa shape index (κ1) is 24.4. The van der Waals surface area contributed by atoms with Gasteiger partial charge in [0.2, 0.25) is 0 Å². The first-order valence-electron chi connectivity index (χ1n) is 11.2. The van der Waals surface area contributed by atoms with E-state index in [1.54, 1.807) is 11.3 Å². The Bertz CT molecular complexity index is 1040. The number of ether oxygens (including phenoxy) is 1. The van der Waals surface area contributed by atoms with Crippen LogP contribution in [0.3, 0.4) is 0 Å². The van der Waals surface area contributed by atoms with Crippen LogP contribution in [0.15, 0.2) is 42.5 Å². The highest BCUT2D eigenvalue weighted by atomic mass is 32.1. The number of hydrogen-bond acceptors (Lipinski definition) is 5. The molecule has 1 aromatic heterocycles. The molecular weight excluding hydrogens is 418 g/mol. The molecule has 0 bridgehead atoms. The summed E-state index contributed by atoms with van der Waals surface area (Å²) in [5, 5.41) is 21.4. The molecule has 5 heteroatoms. The van der Waals surface area contributed by atoms with Crippen molar-refractivity contribution in [1.82, 2.24) is 4.98 Å². The van der Waals surface area contributed by atoms with E-state index >= 15 is 0 Å². The zero-order chi connectivity index (χ0) is 23.5. The van der Waals surface area contributed by atoms with Crippen LogP contribution >= 0.6 is 11.3 Å². The van der Waals surface area contributed by atoms with Crippen molar-refractivity contribution in [1.29, 1.82) is 0 Å². The van der Waals surface area contributed by atoms with E-state index in [1.807, 2.05) is 39.0 Å². The van der Waals surface area contributed by atoms with Crippen LogP contribution in [0.5, 0.6) is 5.75 Å². The van der Waals surface area contributed by atoms with Gasteiger partial charge in [0, 0.05) is 10.4 Å². The third kappa shape index (κ3) is 5.97. The van der Waals surface area contributed by atoms with Crippen LogP contribution in [0.25, 0.3) is 10.6 Å². The topological polar surface area (TPSA) is 62.6 Å². The number of hydrogen-bond donors (Lipinski definition) is 2. The van der Waals surface area contributed by atoms with Crippen LogP contribution in [-0.4, -0.2) is 27.4 Å². The molecule has 3 rings (SSSR count). The van der Waals surface area contributed by atoms with Gasteiger partial charge in [-0.15, -0.1) is 11.3 Å². The van der Waals surface area contributed by atoms with Crippen LogP contribution in [0, 0.1) is 13.8 Å². The molecule has 0 spiro atoms. The Morgan fingerprint density at radius 3 is 2.34 bits per heavy atom. The highest BCUT2D eigenvalue weighted by molar-refractivity contribution is 7.15. The SMILES string of the molecule is Cc1ccc(-c2nc(C(C)C)c(CCC(O)c3ccc(OC(C)(C)CO)c(C)c3)s2)cc1. The largest absolute Gasteiger partial charge is 0.485 e. The van der Waals surface area contributed by atoms with E-state index in [9.17, 15) is 10.2 Å². The Kier molecular flexibility index (Phi) is 7.75. The molecule has 0 radical (unpaired) electrons. The van der Waals surface area contributed by atoms with Crippen LogP contribution in [-0.2, 0) is 6.42 Å². The Morgan fingerprint density at radius 2 is 1.75 bits per heavy atom. The minimum Gasteiger partial charge on any atom is -0.485 e. The summed E-state index contributed by atoms with van der Waals surface area (Å²) in [6.07, 6.45) is 0.864. The molecule has 1 atom stereocenters. The van der Waals surface area contributed by atoms with E-state index in [-0.39, 0.29) is 6.61 Å². The number of aryl methyl sites for hydroxylation is 3. The van der Waals surface area contributed by atoms with E-state index in [4.69, 9.17) is 9.72 Å². The number of benzene rings is 2. The number of aromatic nitrogens is 1. The fourth-order valence-electron chi connectivity index (χ4n) is 3.57. The first-order valence-corrected chi connectivity index (χ1v) is 12.1. The Hall–Kier alpha value is -2.21. The quantitative estimate of drug-likeness (QED) is 0.395. The second-order valence-corrected chi connectivity index (χ2v) is 10.5. The lowest BCUT2D eigenvalue weighted by Crippen LogP contribution is -2.32. The summed E-state index contributed by atoms with van der Waals surface area (Å²) in [4.78, 5) is 6.17. The summed E-state index contributed by atoms with van der Waals surface area (Å²) in [7, 11) is 0. The molecule has 1 unspecified atom stereocenters. The molecule has 0 aliphatic rings. The number of thiazole rings is 1. The van der Waals surface area contributed by atoms with Crippen LogP contribution in [0.2, 0.25) is 0 Å². The van der Waals surface area contributed by atoms with Crippen molar-refractivity contribution in [2.24, 2.45) is 0 Å². The fraction of sp³-hybridized carbons (Fsp3) is 0.444. The molecule has 32 heavy (non-hydrogen) atoms. The van der Waals surface area contributed by atoms with E-state index in [2.05, 4.69) is 45.0 Å². The number of aliphatic hydroxyl groups is 2. The van der Waals surface area contributed by atoms with Gasteiger partial charge in [0.25, 0.3) is 0 Å². The van der Waals surface area contributed by atoms with Crippen LogP contribution in [0.4, 0.5) is 0 Å². The smallest absolute Gasteiger partial charge is 0.126 e. The van der Waals surface area contributed by atoms with Gasteiger partial charge in [-0.05, 0) is 69.7 Å². The van der Waals surface area contributed by atoms with Crippen LogP contribution < -0.4 is 4.74 Å². The number of nitrogens with zero attached hydrogens (tertiary/aromatic N) is 1. The van der Waals surface area contributed by atoms with Crippen molar-refractivity contribution in [3.05, 3.63) is 69.7 Å². The minimum atomic E-state index is -0.639. The zero-order valence-electron chi connectivity index (χ0n) is 20.0. The van der Waals surface area contributed by atoms with Crippen molar-refractivity contribution >= 4 is 11.3 Å². The molecule has 1 heterocycles. The summed E-state index contributed by atoms with van der Waals surface area (Å²) in [6, 6.07) is 14.3. The van der Waals surface area contributed by atoms with Crippen molar-refractivity contribution in [2.75, 3.05) is 6.61 Å². The van der Waals surface area contributed by atoms with E-state index in [0.717, 1.165) is 39.6 Å². The molecule has 3 aromatic rings. The lowest BCUT2D eigenvalue weighted by Gasteiger charge is -2.25. The van der Waals surface area contributed by atoms with Gasteiger partial charge >= 0.3 is 0 Å². The normalized spacial score (nSPS) is 12.9. The summed E-state index contributed by atoms with van der Waals surface area (Å²) < 4.78 is 5.90. The van der Waals surface area contributed by atoms with Gasteiger partial charge in [0.1, 0.15) is 16.4 Å². The second kappa shape index (κ2) is 10.2. The lowest BCUT2D eigenvalue weighted by molar-refractivity contribution is 0.0406. The zero-order valence-corrected chi connectivity index (χ0v) is 20.8. The van der Waals surface area contributed by atoms with Gasteiger partial charge < -0.3 is 14.9 Å². The third-order valence-electron chi connectivity index (χ3n) is 5.57. The maximum atomic E-state index is 10.9. The molecule has 0 aliphatic carbocycles. The molecule has 0 saturated heterocycles. The lowest BCUT2D eigenvalue weighted by atomic mass is 10.00. The van der Waals surface area contributed by atoms with Crippen molar-refractivity contribution < 1.29 is 14.9 Å². The summed E-state index contributed by atoms with van der Waals surface area (Å²) >= 11 is 1.73. The van der Waals surface area contributed by atoms with Crippen molar-refractivity contribution in [3.8, 4) is 16.3 Å². The standard InChI is InChI=1S/C27H35NO3S/c1-17(2)25-24(32-26(28-25)20-9-7-18(3)8-10-20)14-12-22(30)21-11-13-23(19(4)15-21)31-27(5,6)16-29/h7-11,13,15,17,22,29-30H,12,14,16H2,1-6H3. The van der Waals surface area contributed by atoms with Gasteiger partial charge in [0.05, 0.1) is 18.4 Å². The van der Waals surface area contributed by atoms with E-state index in [0.29, 0.717) is 12.3 Å². The molecule has 0 fully saturated rings. The molecule has 2 N–H and O–H groups in total. The highest BCUT2D eigenvalue weighted by Crippen LogP contribution is 2.34.